The van der Waals surface area contributed by atoms with Crippen molar-refractivity contribution in [1.29, 1.82) is 5.26 Å². The molecule has 44 heavy (non-hydrogen) atoms. The van der Waals surface area contributed by atoms with Crippen molar-refractivity contribution in [2.75, 3.05) is 13.2 Å². The predicted molar refractivity (Wildman–Crippen MR) is 170 cm³/mol. The minimum absolute atomic E-state index is 0.00338. The van der Waals surface area contributed by atoms with Crippen LogP contribution in [-0.4, -0.2) is 60.9 Å². The molecular weight excluding hydrogens is 553 g/mol. The number of carbonyl (C=O) groups is 2. The predicted octanol–water partition coefficient (Wildman–Crippen LogP) is 6.17. The van der Waals surface area contributed by atoms with E-state index in [1.54, 1.807) is 11.0 Å². The Balaban J connectivity index is 1.28. The number of ether oxygens (including phenoxy) is 1. The number of amides is 2. The highest BCUT2D eigenvalue weighted by atomic mass is 16.7. The van der Waals surface area contributed by atoms with E-state index in [-0.39, 0.29) is 46.7 Å². The van der Waals surface area contributed by atoms with Crippen molar-refractivity contribution in [3.8, 4) is 6.07 Å². The maximum atomic E-state index is 13.5. The largest absolute Gasteiger partial charge is 0.482 e. The average molecular weight is 604 g/mol. The first kappa shape index (κ1) is 32.6. The van der Waals surface area contributed by atoms with Crippen molar-refractivity contribution in [2.24, 2.45) is 22.7 Å². The van der Waals surface area contributed by atoms with Crippen LogP contribution in [0.25, 0.3) is 0 Å². The first-order valence-electron chi connectivity index (χ1n) is 16.5. The van der Waals surface area contributed by atoms with Crippen LogP contribution in [0.15, 0.2) is 35.9 Å². The normalized spacial score (nSPS) is 30.4. The molecule has 0 spiro atoms. The fourth-order valence-corrected chi connectivity index (χ4v) is 7.98. The lowest BCUT2D eigenvalue weighted by molar-refractivity contribution is -0.199. The Hall–Kier alpha value is -2.83. The second-order valence-corrected chi connectivity index (χ2v) is 15.4. The summed E-state index contributed by atoms with van der Waals surface area (Å²) >= 11 is 0. The molecule has 1 N–H and O–H groups in total. The van der Waals surface area contributed by atoms with Crippen molar-refractivity contribution in [3.63, 3.8) is 0 Å². The molecular formula is C35H50BN3O5. The molecule has 5 aliphatic rings. The molecule has 2 heterocycles. The van der Waals surface area contributed by atoms with Crippen LogP contribution >= 0.6 is 0 Å². The van der Waals surface area contributed by atoms with Crippen LogP contribution in [0.4, 0.5) is 4.79 Å². The number of nitriles is 1. The monoisotopic (exact) mass is 603 g/mol. The Bertz CT molecular complexity index is 1300. The quantitative estimate of drug-likeness (QED) is 0.227. The smallest absolute Gasteiger partial charge is 0.447 e. The third-order valence-electron chi connectivity index (χ3n) is 10.6. The van der Waals surface area contributed by atoms with Gasteiger partial charge in [-0.2, -0.15) is 5.26 Å². The summed E-state index contributed by atoms with van der Waals surface area (Å²) in [7, 11) is -0.592. The molecule has 9 heteroatoms. The number of hydrogen-bond acceptors (Lipinski definition) is 6. The first-order valence-corrected chi connectivity index (χ1v) is 16.5. The fourth-order valence-electron chi connectivity index (χ4n) is 7.98. The van der Waals surface area contributed by atoms with Crippen LogP contribution in [0.5, 0.6) is 0 Å². The Morgan fingerprint density at radius 3 is 2.57 bits per heavy atom. The molecule has 0 radical (unpaired) electrons. The number of hydrogen-bond donors (Lipinski definition) is 1. The number of alkyl carbamates (subject to hydrolysis) is 1. The maximum absolute atomic E-state index is 13.5. The van der Waals surface area contributed by atoms with Crippen molar-refractivity contribution in [3.05, 3.63) is 47.0 Å². The van der Waals surface area contributed by atoms with Crippen LogP contribution in [0, 0.1) is 40.9 Å². The summed E-state index contributed by atoms with van der Waals surface area (Å²) in [6, 6.07) is 10.1. The van der Waals surface area contributed by atoms with E-state index in [1.165, 1.54) is 5.56 Å². The summed E-state index contributed by atoms with van der Waals surface area (Å²) in [4.78, 5) is 28.6. The summed E-state index contributed by atoms with van der Waals surface area (Å²) in [5.41, 5.74) is 1.91. The molecule has 6 atom stereocenters. The zero-order valence-corrected chi connectivity index (χ0v) is 27.7. The van der Waals surface area contributed by atoms with E-state index in [2.05, 4.69) is 63.3 Å². The molecule has 2 amide bonds. The van der Waals surface area contributed by atoms with E-state index < -0.39 is 19.2 Å². The van der Waals surface area contributed by atoms with Crippen LogP contribution < -0.4 is 5.32 Å². The van der Waals surface area contributed by atoms with Crippen molar-refractivity contribution in [2.45, 2.75) is 117 Å². The molecule has 1 aromatic carbocycles. The van der Waals surface area contributed by atoms with E-state index in [0.717, 1.165) is 37.7 Å². The lowest BCUT2D eigenvalue weighted by Gasteiger charge is -2.64. The number of likely N-dealkylation sites (tertiary alicyclic amines) is 1. The fraction of sp³-hybridized carbons (Fsp3) is 0.686. The number of allylic oxidation sites excluding steroid dienone is 1. The van der Waals surface area contributed by atoms with Crippen LogP contribution in [0.1, 0.15) is 91.2 Å². The van der Waals surface area contributed by atoms with Gasteiger partial charge in [-0.05, 0) is 74.2 Å². The van der Waals surface area contributed by atoms with Gasteiger partial charge in [-0.25, -0.2) is 4.79 Å². The average Bonchev–Trinajstić information content (AvgIpc) is 3.15. The summed E-state index contributed by atoms with van der Waals surface area (Å²) in [6.07, 6.45) is 7.34. The highest BCUT2D eigenvalue weighted by molar-refractivity contribution is 6.47. The summed E-state index contributed by atoms with van der Waals surface area (Å²) < 4.78 is 19.2. The molecule has 5 fully saturated rings. The van der Waals surface area contributed by atoms with Crippen molar-refractivity contribution in [1.82, 2.24) is 10.2 Å². The van der Waals surface area contributed by atoms with E-state index in [1.807, 2.05) is 20.8 Å². The number of benzene rings is 1. The Kier molecular flexibility index (Phi) is 9.27. The van der Waals surface area contributed by atoms with Gasteiger partial charge < -0.3 is 24.3 Å². The van der Waals surface area contributed by atoms with Gasteiger partial charge in [0.05, 0.1) is 23.7 Å². The molecule has 0 aromatic heterocycles. The van der Waals surface area contributed by atoms with Crippen molar-refractivity contribution < 1.29 is 23.6 Å². The van der Waals surface area contributed by atoms with Gasteiger partial charge >= 0.3 is 13.2 Å². The molecule has 8 nitrogen and oxygen atoms in total. The Labute approximate surface area is 264 Å². The summed E-state index contributed by atoms with van der Waals surface area (Å²) in [6.45, 7) is 15.4. The van der Waals surface area contributed by atoms with Gasteiger partial charge in [-0.3, -0.25) is 4.79 Å². The standard InChI is InChI=1S/C35H50BN3O5/c1-23-12-14-24(15-13-23)17-30(36-43-29-19-26-18-28(34(26,5)6)35(29,7)44-36)38-32(41)42-22-27-11-9-8-10-16-39(27)31(40)25(21-37)20-33(2,3)4/h12-15,20,26-30H,8-11,16-19,22H2,1-7H3,(H,38,41)/t26-,27+,28-,29+,30?,35-/m0/s1. The van der Waals surface area contributed by atoms with Gasteiger partial charge in [0.1, 0.15) is 18.2 Å². The minimum atomic E-state index is -0.592. The second kappa shape index (κ2) is 12.5. The Morgan fingerprint density at radius 2 is 1.91 bits per heavy atom. The number of nitrogens with zero attached hydrogens (tertiary/aromatic N) is 2. The van der Waals surface area contributed by atoms with E-state index in [4.69, 9.17) is 14.0 Å². The molecule has 2 aliphatic heterocycles. The number of nitrogens with one attached hydrogen (secondary N) is 1. The zero-order chi connectivity index (χ0) is 31.9. The van der Waals surface area contributed by atoms with Crippen molar-refractivity contribution >= 4 is 19.1 Å². The van der Waals surface area contributed by atoms with Gasteiger partial charge in [0.15, 0.2) is 0 Å². The molecule has 2 saturated heterocycles. The molecule has 3 saturated carbocycles. The zero-order valence-electron chi connectivity index (χ0n) is 27.7. The number of carbonyl (C=O) groups excluding carboxylic acids is 2. The van der Waals surface area contributed by atoms with Gasteiger partial charge in [0, 0.05) is 6.54 Å². The minimum Gasteiger partial charge on any atom is -0.447 e. The molecule has 6 rings (SSSR count). The van der Waals surface area contributed by atoms with Gasteiger partial charge in [-0.1, -0.05) is 83.4 Å². The summed E-state index contributed by atoms with van der Waals surface area (Å²) in [5.74, 6) is 0.312. The lowest BCUT2D eigenvalue weighted by Crippen LogP contribution is -2.65. The van der Waals surface area contributed by atoms with E-state index >= 15 is 0 Å². The third kappa shape index (κ3) is 6.72. The molecule has 1 aromatic rings. The molecule has 238 valence electrons. The van der Waals surface area contributed by atoms with Crippen LogP contribution in [-0.2, 0) is 25.3 Å². The van der Waals surface area contributed by atoms with Gasteiger partial charge in [-0.15, -0.1) is 0 Å². The third-order valence-corrected chi connectivity index (χ3v) is 10.6. The van der Waals surface area contributed by atoms with Gasteiger partial charge in [0.2, 0.25) is 0 Å². The Morgan fingerprint density at radius 1 is 1.18 bits per heavy atom. The van der Waals surface area contributed by atoms with Crippen LogP contribution in [0.3, 0.4) is 0 Å². The number of rotatable bonds is 7. The topological polar surface area (TPSA) is 101 Å². The summed E-state index contributed by atoms with van der Waals surface area (Å²) in [5, 5.41) is 12.8. The molecule has 2 bridgehead atoms. The first-order chi connectivity index (χ1) is 20.7. The maximum Gasteiger partial charge on any atom is 0.482 e. The van der Waals surface area contributed by atoms with Crippen LogP contribution in [0.2, 0.25) is 0 Å². The SMILES string of the molecule is Cc1ccc(CC(NC(=O)OC[C@H]2CCCCCN2C(=O)C(C#N)=CC(C)(C)C)B2O[C@@H]3C[C@@H]4C[C@@H](C4(C)C)[C@]3(C)O2)cc1. The lowest BCUT2D eigenvalue weighted by atomic mass is 9.43. The second-order valence-electron chi connectivity index (χ2n) is 15.4. The highest BCUT2D eigenvalue weighted by Crippen LogP contribution is 2.65. The molecule has 3 aliphatic carbocycles. The van der Waals surface area contributed by atoms with E-state index in [9.17, 15) is 14.9 Å². The highest BCUT2D eigenvalue weighted by Gasteiger charge is 2.68. The van der Waals surface area contributed by atoms with Gasteiger partial charge in [0.25, 0.3) is 5.91 Å². The molecule has 1 unspecified atom stereocenters. The van der Waals surface area contributed by atoms with E-state index in [0.29, 0.717) is 31.2 Å². The number of aryl methyl sites for hydroxylation is 1.